The molecule has 1 rings (SSSR count). The van der Waals surface area contributed by atoms with Crippen LogP contribution in [0.3, 0.4) is 0 Å². The third-order valence-electron chi connectivity index (χ3n) is 2.67. The highest BCUT2D eigenvalue weighted by atomic mass is 28.3. The number of rotatable bonds is 4. The van der Waals surface area contributed by atoms with Crippen molar-refractivity contribution in [3.63, 3.8) is 0 Å². The molecule has 1 atom stereocenters. The molecular formula is C13H23NSi. The lowest BCUT2D eigenvalue weighted by atomic mass is 10.1. The van der Waals surface area contributed by atoms with Gasteiger partial charge in [-0.2, -0.15) is 0 Å². The van der Waals surface area contributed by atoms with E-state index in [1.54, 1.807) is 0 Å². The summed E-state index contributed by atoms with van der Waals surface area (Å²) in [4.78, 5) is 2.47. The van der Waals surface area contributed by atoms with Crippen LogP contribution in [-0.4, -0.2) is 26.2 Å². The second-order valence-electron chi connectivity index (χ2n) is 5.56. The van der Waals surface area contributed by atoms with Crippen LogP contribution in [0.25, 0.3) is 0 Å². The highest BCUT2D eigenvalue weighted by Gasteiger charge is 2.19. The zero-order valence-electron chi connectivity index (χ0n) is 10.6. The lowest BCUT2D eigenvalue weighted by Gasteiger charge is -2.30. The summed E-state index contributed by atoms with van der Waals surface area (Å²) < 4.78 is 0. The highest BCUT2D eigenvalue weighted by Crippen LogP contribution is 2.19. The van der Waals surface area contributed by atoms with Gasteiger partial charge in [-0.3, -0.25) is 0 Å². The number of benzene rings is 1. The van der Waals surface area contributed by atoms with E-state index >= 15 is 0 Å². The van der Waals surface area contributed by atoms with Gasteiger partial charge in [0.25, 0.3) is 0 Å². The van der Waals surface area contributed by atoms with E-state index in [9.17, 15) is 0 Å². The topological polar surface area (TPSA) is 3.24 Å². The number of hydrogen-bond acceptors (Lipinski definition) is 1. The molecule has 1 nitrogen and oxygen atoms in total. The number of nitrogens with zero attached hydrogens (tertiary/aromatic N) is 1. The van der Waals surface area contributed by atoms with Crippen LogP contribution in [0, 0.1) is 0 Å². The van der Waals surface area contributed by atoms with Crippen LogP contribution in [-0.2, 0) is 0 Å². The van der Waals surface area contributed by atoms with Gasteiger partial charge in [-0.25, -0.2) is 0 Å². The van der Waals surface area contributed by atoms with E-state index in [0.717, 1.165) is 0 Å². The normalized spacial score (nSPS) is 14.3. The second-order valence-corrected chi connectivity index (χ2v) is 11.0. The standard InChI is InChI=1S/C13H23NSi/c1-12(13-9-7-6-8-10-13)14(2)11-15(3,4)5/h6-10,12H,11H2,1-5H3/t12-/m0/s1. The van der Waals surface area contributed by atoms with E-state index in [-0.39, 0.29) is 0 Å². The molecule has 84 valence electrons. The molecule has 1 aromatic carbocycles. The van der Waals surface area contributed by atoms with Crippen molar-refractivity contribution in [3.8, 4) is 0 Å². The molecule has 1 aromatic rings. The summed E-state index contributed by atoms with van der Waals surface area (Å²) in [6, 6.07) is 11.3. The summed E-state index contributed by atoms with van der Waals surface area (Å²) in [7, 11) is 1.24. The minimum absolute atomic E-state index is 0.526. The molecule has 0 N–H and O–H groups in total. The van der Waals surface area contributed by atoms with Crippen molar-refractivity contribution in [1.29, 1.82) is 0 Å². The maximum Gasteiger partial charge on any atom is 0.0599 e. The molecule has 0 aliphatic heterocycles. The van der Waals surface area contributed by atoms with E-state index in [2.05, 4.69) is 68.8 Å². The molecule has 2 heteroatoms. The Bertz CT molecular complexity index is 289. The van der Waals surface area contributed by atoms with Crippen LogP contribution < -0.4 is 0 Å². The molecule has 0 heterocycles. The Morgan fingerprint density at radius 3 is 2.13 bits per heavy atom. The Morgan fingerprint density at radius 2 is 1.67 bits per heavy atom. The summed E-state index contributed by atoms with van der Waals surface area (Å²) in [6.45, 7) is 9.54. The maximum atomic E-state index is 2.47. The van der Waals surface area contributed by atoms with Crippen molar-refractivity contribution in [2.24, 2.45) is 0 Å². The first-order chi connectivity index (χ1) is 6.90. The van der Waals surface area contributed by atoms with Crippen LogP contribution in [0.5, 0.6) is 0 Å². The van der Waals surface area contributed by atoms with Crippen molar-refractivity contribution in [2.45, 2.75) is 32.6 Å². The lowest BCUT2D eigenvalue weighted by molar-refractivity contribution is 0.299. The van der Waals surface area contributed by atoms with Gasteiger partial charge in [0, 0.05) is 6.04 Å². The molecule has 0 unspecified atom stereocenters. The van der Waals surface area contributed by atoms with Crippen molar-refractivity contribution in [1.82, 2.24) is 4.90 Å². The van der Waals surface area contributed by atoms with Crippen LogP contribution >= 0.6 is 0 Å². The predicted molar refractivity (Wildman–Crippen MR) is 70.8 cm³/mol. The first-order valence-corrected chi connectivity index (χ1v) is 9.36. The lowest BCUT2D eigenvalue weighted by Crippen LogP contribution is -2.39. The molecule has 0 aromatic heterocycles. The van der Waals surface area contributed by atoms with Crippen molar-refractivity contribution >= 4 is 8.07 Å². The molecule has 0 fully saturated rings. The molecule has 0 saturated carbocycles. The van der Waals surface area contributed by atoms with Crippen LogP contribution in [0.15, 0.2) is 30.3 Å². The Kier molecular flexibility index (Phi) is 4.11. The smallest absolute Gasteiger partial charge is 0.0599 e. The minimum atomic E-state index is -0.990. The third kappa shape index (κ3) is 4.18. The van der Waals surface area contributed by atoms with Gasteiger partial charge in [-0.15, -0.1) is 0 Å². The average molecular weight is 221 g/mol. The molecule has 0 spiro atoms. The fourth-order valence-corrected chi connectivity index (χ4v) is 3.64. The Morgan fingerprint density at radius 1 is 1.13 bits per heavy atom. The van der Waals surface area contributed by atoms with Gasteiger partial charge in [-0.1, -0.05) is 50.0 Å². The van der Waals surface area contributed by atoms with Gasteiger partial charge in [0.15, 0.2) is 0 Å². The fourth-order valence-electron chi connectivity index (χ4n) is 1.87. The first kappa shape index (κ1) is 12.5. The first-order valence-electron chi connectivity index (χ1n) is 5.65. The van der Waals surface area contributed by atoms with Crippen molar-refractivity contribution in [3.05, 3.63) is 35.9 Å². The van der Waals surface area contributed by atoms with E-state index < -0.39 is 8.07 Å². The highest BCUT2D eigenvalue weighted by molar-refractivity contribution is 6.76. The van der Waals surface area contributed by atoms with Gasteiger partial charge in [0.2, 0.25) is 0 Å². The predicted octanol–water partition coefficient (Wildman–Crippen LogP) is 3.56. The molecule has 0 amide bonds. The van der Waals surface area contributed by atoms with Crippen molar-refractivity contribution in [2.75, 3.05) is 13.2 Å². The van der Waals surface area contributed by atoms with Crippen molar-refractivity contribution < 1.29 is 0 Å². The molecule has 0 aliphatic rings. The van der Waals surface area contributed by atoms with E-state index in [1.807, 2.05) is 0 Å². The zero-order valence-corrected chi connectivity index (χ0v) is 11.6. The Balaban J connectivity index is 2.65. The SMILES string of the molecule is C[C@@H](c1ccccc1)N(C)C[Si](C)(C)C. The minimum Gasteiger partial charge on any atom is -0.302 e. The number of hydrogen-bond donors (Lipinski definition) is 0. The quantitative estimate of drug-likeness (QED) is 0.703. The molecule has 0 saturated heterocycles. The molecule has 0 aliphatic carbocycles. The van der Waals surface area contributed by atoms with E-state index in [1.165, 1.54) is 11.7 Å². The molecule has 0 bridgehead atoms. The molecule has 0 radical (unpaired) electrons. The second kappa shape index (κ2) is 4.95. The Labute approximate surface area is 95.1 Å². The fraction of sp³-hybridized carbons (Fsp3) is 0.538. The summed E-state index contributed by atoms with van der Waals surface area (Å²) in [5.74, 6) is 0. The molecule has 15 heavy (non-hydrogen) atoms. The van der Waals surface area contributed by atoms with E-state index in [0.29, 0.717) is 6.04 Å². The summed E-state index contributed by atoms with van der Waals surface area (Å²) in [6.07, 6.45) is 1.25. The van der Waals surface area contributed by atoms with Crippen LogP contribution in [0.2, 0.25) is 19.6 Å². The van der Waals surface area contributed by atoms with E-state index in [4.69, 9.17) is 0 Å². The largest absolute Gasteiger partial charge is 0.302 e. The summed E-state index contributed by atoms with van der Waals surface area (Å²) in [5, 5.41) is 0. The van der Waals surface area contributed by atoms with Crippen LogP contribution in [0.1, 0.15) is 18.5 Å². The van der Waals surface area contributed by atoms with Gasteiger partial charge >= 0.3 is 0 Å². The average Bonchev–Trinajstić information content (AvgIpc) is 2.15. The third-order valence-corrected chi connectivity index (χ3v) is 4.11. The molecular weight excluding hydrogens is 198 g/mol. The van der Waals surface area contributed by atoms with Gasteiger partial charge in [0.1, 0.15) is 0 Å². The summed E-state index contributed by atoms with van der Waals surface area (Å²) >= 11 is 0. The van der Waals surface area contributed by atoms with Gasteiger partial charge in [0.05, 0.1) is 8.07 Å². The zero-order chi connectivity index (χ0) is 11.5. The van der Waals surface area contributed by atoms with Gasteiger partial charge in [-0.05, 0) is 25.7 Å². The van der Waals surface area contributed by atoms with Gasteiger partial charge < -0.3 is 4.90 Å². The Hall–Kier alpha value is -0.603. The maximum absolute atomic E-state index is 2.47. The monoisotopic (exact) mass is 221 g/mol. The summed E-state index contributed by atoms with van der Waals surface area (Å²) in [5.41, 5.74) is 1.42. The van der Waals surface area contributed by atoms with Crippen LogP contribution in [0.4, 0.5) is 0 Å².